The van der Waals surface area contributed by atoms with Crippen LogP contribution in [0.15, 0.2) is 29.3 Å². The van der Waals surface area contributed by atoms with Gasteiger partial charge in [-0.05, 0) is 57.3 Å². The highest BCUT2D eigenvalue weighted by molar-refractivity contribution is 14.0. The Morgan fingerprint density at radius 2 is 2.13 bits per heavy atom. The Labute approximate surface area is 158 Å². The van der Waals surface area contributed by atoms with E-state index in [9.17, 15) is 0 Å². The number of hydrogen-bond donors (Lipinski definition) is 2. The summed E-state index contributed by atoms with van der Waals surface area (Å²) in [6.45, 7) is 7.74. The van der Waals surface area contributed by atoms with E-state index in [4.69, 9.17) is 0 Å². The van der Waals surface area contributed by atoms with E-state index in [1.54, 1.807) is 0 Å². The third kappa shape index (κ3) is 6.30. The molecule has 1 aliphatic heterocycles. The fraction of sp³-hybridized carbons (Fsp3) is 0.611. The van der Waals surface area contributed by atoms with E-state index in [-0.39, 0.29) is 30.0 Å². The second-order valence-corrected chi connectivity index (χ2v) is 6.45. The SMILES string of the molecule is CN=C(NCC1CCCN(C)C1)NC(C)c1ccccc1C.I. The van der Waals surface area contributed by atoms with Gasteiger partial charge in [-0.3, -0.25) is 4.99 Å². The van der Waals surface area contributed by atoms with Crippen LogP contribution in [0.1, 0.15) is 36.9 Å². The Hall–Kier alpha value is -0.820. The molecule has 0 bridgehead atoms. The molecule has 1 aliphatic rings. The Morgan fingerprint density at radius 3 is 2.78 bits per heavy atom. The lowest BCUT2D eigenvalue weighted by atomic mass is 9.98. The maximum absolute atomic E-state index is 4.37. The minimum absolute atomic E-state index is 0. The van der Waals surface area contributed by atoms with Crippen LogP contribution in [0.3, 0.4) is 0 Å². The first kappa shape index (κ1) is 20.2. The number of nitrogens with zero attached hydrogens (tertiary/aromatic N) is 2. The maximum atomic E-state index is 4.37. The largest absolute Gasteiger partial charge is 0.356 e. The summed E-state index contributed by atoms with van der Waals surface area (Å²) in [5, 5.41) is 6.99. The molecule has 0 amide bonds. The number of aliphatic imine (C=N–C) groups is 1. The van der Waals surface area contributed by atoms with Gasteiger partial charge < -0.3 is 15.5 Å². The van der Waals surface area contributed by atoms with E-state index < -0.39 is 0 Å². The molecular formula is C18H31IN4. The number of guanidine groups is 1. The van der Waals surface area contributed by atoms with Crippen molar-refractivity contribution in [3.05, 3.63) is 35.4 Å². The third-order valence-corrected chi connectivity index (χ3v) is 4.51. The number of halogens is 1. The van der Waals surface area contributed by atoms with Gasteiger partial charge in [-0.2, -0.15) is 0 Å². The van der Waals surface area contributed by atoms with Gasteiger partial charge >= 0.3 is 0 Å². The van der Waals surface area contributed by atoms with Crippen molar-refractivity contribution in [1.82, 2.24) is 15.5 Å². The zero-order valence-electron chi connectivity index (χ0n) is 14.8. The Kier molecular flexibility index (Phi) is 8.91. The van der Waals surface area contributed by atoms with Crippen molar-refractivity contribution in [3.63, 3.8) is 0 Å². The number of piperidine rings is 1. The molecule has 2 N–H and O–H groups in total. The van der Waals surface area contributed by atoms with Crippen LogP contribution >= 0.6 is 24.0 Å². The van der Waals surface area contributed by atoms with Crippen LogP contribution in [0.25, 0.3) is 0 Å². The van der Waals surface area contributed by atoms with Crippen molar-refractivity contribution in [2.75, 3.05) is 33.7 Å². The monoisotopic (exact) mass is 430 g/mol. The molecule has 1 heterocycles. The van der Waals surface area contributed by atoms with Gasteiger partial charge in [0.05, 0.1) is 6.04 Å². The molecule has 2 unspecified atom stereocenters. The van der Waals surface area contributed by atoms with Crippen molar-refractivity contribution in [2.45, 2.75) is 32.7 Å². The van der Waals surface area contributed by atoms with Crippen LogP contribution in [0.5, 0.6) is 0 Å². The molecule has 0 radical (unpaired) electrons. The summed E-state index contributed by atoms with van der Waals surface area (Å²) in [6.07, 6.45) is 2.61. The van der Waals surface area contributed by atoms with Gasteiger partial charge in [0, 0.05) is 20.1 Å². The summed E-state index contributed by atoms with van der Waals surface area (Å²) in [4.78, 5) is 6.79. The van der Waals surface area contributed by atoms with Crippen LogP contribution in [0.2, 0.25) is 0 Å². The molecule has 4 nitrogen and oxygen atoms in total. The van der Waals surface area contributed by atoms with Crippen LogP contribution < -0.4 is 10.6 Å². The molecule has 1 aromatic carbocycles. The molecule has 130 valence electrons. The van der Waals surface area contributed by atoms with E-state index >= 15 is 0 Å². The third-order valence-electron chi connectivity index (χ3n) is 4.51. The molecule has 0 aliphatic carbocycles. The molecule has 1 fully saturated rings. The molecule has 2 atom stereocenters. The molecule has 0 spiro atoms. The van der Waals surface area contributed by atoms with Gasteiger partial charge in [-0.15, -0.1) is 24.0 Å². The van der Waals surface area contributed by atoms with Crippen molar-refractivity contribution in [1.29, 1.82) is 0 Å². The fourth-order valence-electron chi connectivity index (χ4n) is 3.23. The number of hydrogen-bond acceptors (Lipinski definition) is 2. The van der Waals surface area contributed by atoms with Crippen molar-refractivity contribution in [2.24, 2.45) is 10.9 Å². The maximum Gasteiger partial charge on any atom is 0.191 e. The molecule has 5 heteroatoms. The number of benzene rings is 1. The summed E-state index contributed by atoms with van der Waals surface area (Å²) in [6, 6.07) is 8.76. The average Bonchev–Trinajstić information content (AvgIpc) is 2.51. The molecule has 1 saturated heterocycles. The summed E-state index contributed by atoms with van der Waals surface area (Å²) < 4.78 is 0. The zero-order valence-corrected chi connectivity index (χ0v) is 17.1. The highest BCUT2D eigenvalue weighted by Gasteiger charge is 2.17. The van der Waals surface area contributed by atoms with Gasteiger partial charge in [-0.25, -0.2) is 0 Å². The lowest BCUT2D eigenvalue weighted by Gasteiger charge is -2.30. The quantitative estimate of drug-likeness (QED) is 0.438. The molecule has 0 saturated carbocycles. The molecule has 23 heavy (non-hydrogen) atoms. The van der Waals surface area contributed by atoms with Crippen LogP contribution in [0, 0.1) is 12.8 Å². The number of rotatable bonds is 4. The van der Waals surface area contributed by atoms with Gasteiger partial charge in [0.1, 0.15) is 0 Å². The van der Waals surface area contributed by atoms with E-state index in [1.807, 2.05) is 7.05 Å². The number of nitrogens with one attached hydrogen (secondary N) is 2. The summed E-state index contributed by atoms with van der Waals surface area (Å²) >= 11 is 0. The Bertz CT molecular complexity index is 504. The number of likely N-dealkylation sites (tertiary alicyclic amines) is 1. The van der Waals surface area contributed by atoms with Crippen LogP contribution in [-0.4, -0.2) is 44.6 Å². The highest BCUT2D eigenvalue weighted by Crippen LogP contribution is 2.17. The predicted octanol–water partition coefficient (Wildman–Crippen LogP) is 3.18. The van der Waals surface area contributed by atoms with Crippen molar-refractivity contribution in [3.8, 4) is 0 Å². The molecule has 0 aromatic heterocycles. The molecule has 1 aromatic rings. The summed E-state index contributed by atoms with van der Waals surface area (Å²) in [5.74, 6) is 1.61. The van der Waals surface area contributed by atoms with Crippen LogP contribution in [0.4, 0.5) is 0 Å². The lowest BCUT2D eigenvalue weighted by Crippen LogP contribution is -2.44. The van der Waals surface area contributed by atoms with E-state index in [0.29, 0.717) is 5.92 Å². The summed E-state index contributed by atoms with van der Waals surface area (Å²) in [7, 11) is 4.05. The van der Waals surface area contributed by atoms with E-state index in [0.717, 1.165) is 12.5 Å². The van der Waals surface area contributed by atoms with Crippen molar-refractivity contribution >= 4 is 29.9 Å². The van der Waals surface area contributed by atoms with Gasteiger partial charge in [0.2, 0.25) is 0 Å². The first-order valence-corrected chi connectivity index (χ1v) is 8.31. The van der Waals surface area contributed by atoms with Crippen molar-refractivity contribution < 1.29 is 0 Å². The van der Waals surface area contributed by atoms with E-state index in [2.05, 4.69) is 65.7 Å². The zero-order chi connectivity index (χ0) is 15.9. The molecular weight excluding hydrogens is 399 g/mol. The standard InChI is InChI=1S/C18H30N4.HI/c1-14-8-5-6-10-17(14)15(2)21-18(19-3)20-12-16-9-7-11-22(4)13-16;/h5-6,8,10,15-16H,7,9,11-13H2,1-4H3,(H2,19,20,21);1H. The van der Waals surface area contributed by atoms with Crippen LogP contribution in [-0.2, 0) is 0 Å². The van der Waals surface area contributed by atoms with Gasteiger partial charge in [0.15, 0.2) is 5.96 Å². The van der Waals surface area contributed by atoms with Gasteiger partial charge in [0.25, 0.3) is 0 Å². The predicted molar refractivity (Wildman–Crippen MR) is 110 cm³/mol. The smallest absolute Gasteiger partial charge is 0.191 e. The summed E-state index contributed by atoms with van der Waals surface area (Å²) in [5.41, 5.74) is 2.63. The second kappa shape index (κ2) is 10.1. The fourth-order valence-corrected chi connectivity index (χ4v) is 3.23. The Morgan fingerprint density at radius 1 is 1.39 bits per heavy atom. The first-order chi connectivity index (χ1) is 10.6. The Balaban J connectivity index is 0.00000264. The lowest BCUT2D eigenvalue weighted by molar-refractivity contribution is 0.210. The highest BCUT2D eigenvalue weighted by atomic mass is 127. The molecule has 2 rings (SSSR count). The minimum Gasteiger partial charge on any atom is -0.356 e. The minimum atomic E-state index is 0. The number of aryl methyl sites for hydroxylation is 1. The normalized spacial score (nSPS) is 20.5. The van der Waals surface area contributed by atoms with E-state index in [1.165, 1.54) is 37.1 Å². The average molecular weight is 430 g/mol. The first-order valence-electron chi connectivity index (χ1n) is 8.31. The van der Waals surface area contributed by atoms with Gasteiger partial charge in [-0.1, -0.05) is 24.3 Å². The topological polar surface area (TPSA) is 39.7 Å². The second-order valence-electron chi connectivity index (χ2n) is 6.45.